The van der Waals surface area contributed by atoms with Gasteiger partial charge in [-0.05, 0) is 55.6 Å². The lowest BCUT2D eigenvalue weighted by Gasteiger charge is -2.20. The van der Waals surface area contributed by atoms with Crippen LogP contribution in [-0.4, -0.2) is 6.54 Å². The Bertz CT molecular complexity index is 560. The molecule has 0 aromatic heterocycles. The highest BCUT2D eigenvalue weighted by atomic mass is 79.9. The summed E-state index contributed by atoms with van der Waals surface area (Å²) in [5.41, 5.74) is 5.47. The molecule has 1 nitrogen and oxygen atoms in total. The Balaban J connectivity index is 2.25. The molecule has 0 aliphatic rings. The minimum absolute atomic E-state index is 0.369. The van der Waals surface area contributed by atoms with Crippen molar-refractivity contribution in [1.82, 2.24) is 5.32 Å². The van der Waals surface area contributed by atoms with E-state index >= 15 is 0 Å². The van der Waals surface area contributed by atoms with Gasteiger partial charge in [-0.3, -0.25) is 0 Å². The Morgan fingerprint density at radius 2 is 1.75 bits per heavy atom. The molecular weight excluding hydrogens is 310 g/mol. The van der Waals surface area contributed by atoms with Crippen LogP contribution in [-0.2, 0) is 6.42 Å². The van der Waals surface area contributed by atoms with Gasteiger partial charge >= 0.3 is 0 Å². The van der Waals surface area contributed by atoms with Crippen molar-refractivity contribution in [3.8, 4) is 0 Å². The van der Waals surface area contributed by atoms with Gasteiger partial charge in [0, 0.05) is 10.5 Å². The quantitative estimate of drug-likeness (QED) is 0.816. The first-order chi connectivity index (χ1) is 9.60. The van der Waals surface area contributed by atoms with Crippen LogP contribution in [0.4, 0.5) is 0 Å². The van der Waals surface area contributed by atoms with E-state index in [0.717, 1.165) is 17.4 Å². The molecule has 1 atom stereocenters. The zero-order valence-corrected chi connectivity index (χ0v) is 14.0. The molecule has 0 spiro atoms. The van der Waals surface area contributed by atoms with E-state index in [9.17, 15) is 0 Å². The van der Waals surface area contributed by atoms with Crippen LogP contribution in [0.25, 0.3) is 0 Å². The molecule has 1 unspecified atom stereocenters. The van der Waals surface area contributed by atoms with Gasteiger partial charge < -0.3 is 5.32 Å². The first kappa shape index (κ1) is 15.3. The predicted molar refractivity (Wildman–Crippen MR) is 90.2 cm³/mol. The minimum Gasteiger partial charge on any atom is -0.310 e. The van der Waals surface area contributed by atoms with Crippen LogP contribution in [0.3, 0.4) is 0 Å². The largest absolute Gasteiger partial charge is 0.310 e. The van der Waals surface area contributed by atoms with Crippen molar-refractivity contribution in [2.45, 2.75) is 33.2 Å². The van der Waals surface area contributed by atoms with E-state index in [1.165, 1.54) is 22.3 Å². The average molecular weight is 332 g/mol. The molecule has 20 heavy (non-hydrogen) atoms. The summed E-state index contributed by atoms with van der Waals surface area (Å²) < 4.78 is 1.13. The molecule has 0 heterocycles. The molecule has 0 fully saturated rings. The number of rotatable bonds is 5. The lowest BCUT2D eigenvalue weighted by molar-refractivity contribution is 0.548. The third-order valence-electron chi connectivity index (χ3n) is 3.65. The van der Waals surface area contributed by atoms with E-state index in [-0.39, 0.29) is 0 Å². The fourth-order valence-electron chi connectivity index (χ4n) is 2.49. The molecule has 0 bridgehead atoms. The van der Waals surface area contributed by atoms with E-state index in [1.54, 1.807) is 0 Å². The van der Waals surface area contributed by atoms with Crippen molar-refractivity contribution in [3.63, 3.8) is 0 Å². The average Bonchev–Trinajstić information content (AvgIpc) is 2.43. The molecule has 106 valence electrons. The van der Waals surface area contributed by atoms with E-state index < -0.39 is 0 Å². The maximum Gasteiger partial charge on any atom is 0.0360 e. The third kappa shape index (κ3) is 3.94. The fraction of sp³-hybridized carbons (Fsp3) is 0.333. The molecule has 2 aromatic carbocycles. The molecule has 0 saturated heterocycles. The number of benzene rings is 2. The van der Waals surface area contributed by atoms with Crippen molar-refractivity contribution < 1.29 is 0 Å². The summed E-state index contributed by atoms with van der Waals surface area (Å²) >= 11 is 3.50. The highest BCUT2D eigenvalue weighted by Crippen LogP contribution is 2.23. The first-order valence-electron chi connectivity index (χ1n) is 7.15. The van der Waals surface area contributed by atoms with Crippen molar-refractivity contribution in [3.05, 3.63) is 69.2 Å². The van der Waals surface area contributed by atoms with Gasteiger partial charge in [0.15, 0.2) is 0 Å². The number of aryl methyl sites for hydroxylation is 2. The van der Waals surface area contributed by atoms with Crippen LogP contribution in [0.2, 0.25) is 0 Å². The fourth-order valence-corrected chi connectivity index (χ4v) is 2.75. The zero-order chi connectivity index (χ0) is 14.5. The van der Waals surface area contributed by atoms with Crippen molar-refractivity contribution in [2.75, 3.05) is 6.54 Å². The molecule has 2 heteroatoms. The van der Waals surface area contributed by atoms with Crippen LogP contribution >= 0.6 is 15.9 Å². The van der Waals surface area contributed by atoms with Crippen molar-refractivity contribution in [1.29, 1.82) is 0 Å². The second kappa shape index (κ2) is 7.05. The molecule has 1 N–H and O–H groups in total. The van der Waals surface area contributed by atoms with Gasteiger partial charge in [-0.1, -0.05) is 58.7 Å². The Kier molecular flexibility index (Phi) is 5.38. The normalized spacial score (nSPS) is 12.4. The standard InChI is InChI=1S/C18H22BrN/c1-4-20-18(15-7-9-17(19)10-8-15)12-16-11-13(2)5-6-14(16)3/h5-11,18,20H,4,12H2,1-3H3. The first-order valence-corrected chi connectivity index (χ1v) is 7.94. The van der Waals surface area contributed by atoms with Crippen molar-refractivity contribution in [2.24, 2.45) is 0 Å². The Morgan fingerprint density at radius 1 is 1.05 bits per heavy atom. The van der Waals surface area contributed by atoms with Crippen LogP contribution in [0.5, 0.6) is 0 Å². The summed E-state index contributed by atoms with van der Waals surface area (Å²) in [7, 11) is 0. The molecule has 0 saturated carbocycles. The van der Waals surface area contributed by atoms with Crippen molar-refractivity contribution >= 4 is 15.9 Å². The number of likely N-dealkylation sites (N-methyl/N-ethyl adjacent to an activating group) is 1. The lowest BCUT2D eigenvalue weighted by Crippen LogP contribution is -2.23. The number of nitrogens with one attached hydrogen (secondary N) is 1. The summed E-state index contributed by atoms with van der Waals surface area (Å²) in [5.74, 6) is 0. The monoisotopic (exact) mass is 331 g/mol. The van der Waals surface area contributed by atoms with E-state index in [4.69, 9.17) is 0 Å². The molecule has 2 aromatic rings. The summed E-state index contributed by atoms with van der Waals surface area (Å²) in [4.78, 5) is 0. The maximum absolute atomic E-state index is 3.60. The molecule has 0 aliphatic heterocycles. The predicted octanol–water partition coefficient (Wildman–Crippen LogP) is 4.96. The smallest absolute Gasteiger partial charge is 0.0360 e. The summed E-state index contributed by atoms with van der Waals surface area (Å²) in [5, 5.41) is 3.60. The number of halogens is 1. The second-order valence-corrected chi connectivity index (χ2v) is 6.21. The van der Waals surface area contributed by atoms with Crippen LogP contribution in [0.1, 0.15) is 35.2 Å². The molecule has 0 amide bonds. The Hall–Kier alpha value is -1.12. The minimum atomic E-state index is 0.369. The Morgan fingerprint density at radius 3 is 2.40 bits per heavy atom. The summed E-state index contributed by atoms with van der Waals surface area (Å²) in [6.45, 7) is 7.49. The van der Waals surface area contributed by atoms with Crippen LogP contribution in [0.15, 0.2) is 46.9 Å². The maximum atomic E-state index is 3.60. The van der Waals surface area contributed by atoms with Crippen LogP contribution < -0.4 is 5.32 Å². The number of hydrogen-bond donors (Lipinski definition) is 1. The highest BCUT2D eigenvalue weighted by Gasteiger charge is 2.12. The van der Waals surface area contributed by atoms with Gasteiger partial charge in [0.05, 0.1) is 0 Å². The SMILES string of the molecule is CCNC(Cc1cc(C)ccc1C)c1ccc(Br)cc1. The topological polar surface area (TPSA) is 12.0 Å². The van der Waals surface area contributed by atoms with Crippen LogP contribution in [0, 0.1) is 13.8 Å². The summed E-state index contributed by atoms with van der Waals surface area (Å²) in [6.07, 6.45) is 1.03. The van der Waals surface area contributed by atoms with E-state index in [2.05, 4.69) is 84.5 Å². The van der Waals surface area contributed by atoms with Gasteiger partial charge in [0.25, 0.3) is 0 Å². The Labute approximate surface area is 130 Å². The molecule has 0 aliphatic carbocycles. The molecular formula is C18H22BrN. The zero-order valence-electron chi connectivity index (χ0n) is 12.4. The molecule has 2 rings (SSSR count). The van der Waals surface area contributed by atoms with Gasteiger partial charge in [0.2, 0.25) is 0 Å². The lowest BCUT2D eigenvalue weighted by atomic mass is 9.95. The summed E-state index contributed by atoms with van der Waals surface area (Å²) in [6, 6.07) is 15.7. The van der Waals surface area contributed by atoms with Gasteiger partial charge in [-0.2, -0.15) is 0 Å². The second-order valence-electron chi connectivity index (χ2n) is 5.30. The third-order valence-corrected chi connectivity index (χ3v) is 4.18. The van der Waals surface area contributed by atoms with E-state index in [0.29, 0.717) is 6.04 Å². The molecule has 0 radical (unpaired) electrons. The number of hydrogen-bond acceptors (Lipinski definition) is 1. The van der Waals surface area contributed by atoms with Gasteiger partial charge in [-0.15, -0.1) is 0 Å². The van der Waals surface area contributed by atoms with Gasteiger partial charge in [-0.25, -0.2) is 0 Å². The van der Waals surface area contributed by atoms with Gasteiger partial charge in [0.1, 0.15) is 0 Å². The van der Waals surface area contributed by atoms with E-state index in [1.807, 2.05) is 0 Å². The highest BCUT2D eigenvalue weighted by molar-refractivity contribution is 9.10.